The Labute approximate surface area is 106 Å². The fourth-order valence-corrected chi connectivity index (χ4v) is 1.79. The number of nitrogens with one attached hydrogen (secondary N) is 1. The quantitative estimate of drug-likeness (QED) is 0.313. The number of likely N-dealkylation sites (N-methyl/N-ethyl adjacent to an activating group) is 2. The smallest absolute Gasteiger partial charge is 0.208 e. The highest BCUT2D eigenvalue weighted by atomic mass is 15.4. The number of guanidine groups is 1. The summed E-state index contributed by atoms with van der Waals surface area (Å²) in [5, 5.41) is 0. The van der Waals surface area contributed by atoms with E-state index in [9.17, 15) is 0 Å². The zero-order valence-corrected chi connectivity index (χ0v) is 12.2. The molecule has 0 aromatic heterocycles. The first kappa shape index (κ1) is 16.2. The number of aliphatic imine (C=N–C) groups is 1. The second-order valence-electron chi connectivity index (χ2n) is 5.10. The molecule has 0 heterocycles. The third-order valence-electron chi connectivity index (χ3n) is 2.51. The summed E-state index contributed by atoms with van der Waals surface area (Å²) in [6.07, 6.45) is 0. The van der Waals surface area contributed by atoms with Crippen molar-refractivity contribution in [2.45, 2.75) is 33.7 Å². The van der Waals surface area contributed by atoms with Crippen LogP contribution in [0.1, 0.15) is 27.7 Å². The topological polar surface area (TPSA) is 56.9 Å². The molecule has 1 atom stereocenters. The van der Waals surface area contributed by atoms with E-state index in [2.05, 4.69) is 62.0 Å². The number of hydrogen-bond acceptors (Lipinski definition) is 3. The van der Waals surface area contributed by atoms with Crippen molar-refractivity contribution < 1.29 is 0 Å². The Morgan fingerprint density at radius 2 is 1.88 bits per heavy atom. The minimum atomic E-state index is 0.386. The molecule has 0 aliphatic carbocycles. The van der Waals surface area contributed by atoms with Gasteiger partial charge in [-0.05, 0) is 33.9 Å². The van der Waals surface area contributed by atoms with Crippen LogP contribution in [0.15, 0.2) is 4.99 Å². The fourth-order valence-electron chi connectivity index (χ4n) is 1.79. The minimum Gasteiger partial charge on any atom is -0.338 e. The van der Waals surface area contributed by atoms with Crippen molar-refractivity contribution in [2.75, 3.05) is 33.7 Å². The number of hydrogen-bond donors (Lipinski definition) is 2. The van der Waals surface area contributed by atoms with Crippen molar-refractivity contribution in [3.8, 4) is 0 Å². The third kappa shape index (κ3) is 6.48. The van der Waals surface area contributed by atoms with Crippen molar-refractivity contribution in [3.63, 3.8) is 0 Å². The normalized spacial score (nSPS) is 14.3. The average Bonchev–Trinajstić information content (AvgIpc) is 2.22. The molecule has 0 saturated carbocycles. The fraction of sp³-hybridized carbons (Fsp3) is 0.917. The van der Waals surface area contributed by atoms with Crippen molar-refractivity contribution in [1.82, 2.24) is 15.2 Å². The van der Waals surface area contributed by atoms with Crippen molar-refractivity contribution in [2.24, 2.45) is 16.8 Å². The van der Waals surface area contributed by atoms with Crippen molar-refractivity contribution in [1.29, 1.82) is 0 Å². The van der Waals surface area contributed by atoms with E-state index in [0.29, 0.717) is 12.0 Å². The van der Waals surface area contributed by atoms with E-state index in [-0.39, 0.29) is 0 Å². The van der Waals surface area contributed by atoms with Gasteiger partial charge in [0.25, 0.3) is 0 Å². The summed E-state index contributed by atoms with van der Waals surface area (Å²) < 4.78 is 0. The van der Waals surface area contributed by atoms with Crippen LogP contribution in [0.4, 0.5) is 0 Å². The van der Waals surface area contributed by atoms with Crippen LogP contribution in [0.2, 0.25) is 0 Å². The average molecular weight is 243 g/mol. The molecular weight excluding hydrogens is 214 g/mol. The molecule has 0 bridgehead atoms. The maximum Gasteiger partial charge on any atom is 0.208 e. The molecule has 0 aromatic rings. The van der Waals surface area contributed by atoms with Crippen molar-refractivity contribution >= 4 is 5.96 Å². The molecule has 17 heavy (non-hydrogen) atoms. The highest BCUT2D eigenvalue weighted by molar-refractivity contribution is 5.79. The summed E-state index contributed by atoms with van der Waals surface area (Å²) in [7, 11) is 4.15. The molecule has 0 amide bonds. The Balaban J connectivity index is 4.62. The monoisotopic (exact) mass is 243 g/mol. The van der Waals surface area contributed by atoms with Gasteiger partial charge in [0.15, 0.2) is 0 Å². The van der Waals surface area contributed by atoms with E-state index < -0.39 is 0 Å². The van der Waals surface area contributed by atoms with E-state index >= 15 is 0 Å². The molecule has 0 spiro atoms. The second-order valence-corrected chi connectivity index (χ2v) is 5.10. The van der Waals surface area contributed by atoms with Gasteiger partial charge in [0.1, 0.15) is 0 Å². The molecule has 3 N–H and O–H groups in total. The molecule has 0 fully saturated rings. The predicted octanol–water partition coefficient (Wildman–Crippen LogP) is 0.734. The molecule has 0 aliphatic rings. The summed E-state index contributed by atoms with van der Waals surface area (Å²) in [4.78, 5) is 8.90. The summed E-state index contributed by atoms with van der Waals surface area (Å²) >= 11 is 0. The highest BCUT2D eigenvalue weighted by Gasteiger charge is 2.16. The first-order valence-electron chi connectivity index (χ1n) is 6.34. The van der Waals surface area contributed by atoms with Crippen LogP contribution in [0.25, 0.3) is 0 Å². The Morgan fingerprint density at radius 3 is 2.24 bits per heavy atom. The van der Waals surface area contributed by atoms with Gasteiger partial charge in [-0.1, -0.05) is 13.8 Å². The molecule has 1 unspecified atom stereocenters. The van der Waals surface area contributed by atoms with Crippen LogP contribution in [0.5, 0.6) is 0 Å². The van der Waals surface area contributed by atoms with Crippen LogP contribution in [0, 0.1) is 5.92 Å². The Kier molecular flexibility index (Phi) is 7.91. The van der Waals surface area contributed by atoms with Crippen LogP contribution in [-0.2, 0) is 0 Å². The van der Waals surface area contributed by atoms with Gasteiger partial charge in [-0.25, -0.2) is 5.84 Å². The standard InChI is InChI=1S/C12H29N5/c1-7-17(11(4)9-16(5)6)12(15-13)14-8-10(2)3/h10-11H,7-9,13H2,1-6H3,(H,14,15). The van der Waals surface area contributed by atoms with E-state index in [0.717, 1.165) is 25.6 Å². The second kappa shape index (κ2) is 8.31. The molecular formula is C12H29N5. The maximum absolute atomic E-state index is 5.57. The van der Waals surface area contributed by atoms with Crippen LogP contribution in [-0.4, -0.2) is 55.5 Å². The lowest BCUT2D eigenvalue weighted by atomic mass is 10.2. The largest absolute Gasteiger partial charge is 0.338 e. The Bertz CT molecular complexity index is 225. The van der Waals surface area contributed by atoms with Gasteiger partial charge in [0.05, 0.1) is 0 Å². The first-order chi connectivity index (χ1) is 7.92. The Hall–Kier alpha value is -0.810. The molecule has 0 aromatic carbocycles. The third-order valence-corrected chi connectivity index (χ3v) is 2.51. The number of rotatable bonds is 6. The molecule has 5 heteroatoms. The van der Waals surface area contributed by atoms with Crippen molar-refractivity contribution in [3.05, 3.63) is 0 Å². The van der Waals surface area contributed by atoms with E-state index in [4.69, 9.17) is 5.84 Å². The van der Waals surface area contributed by atoms with E-state index in [1.165, 1.54) is 0 Å². The summed E-state index contributed by atoms with van der Waals surface area (Å²) in [6.45, 7) is 11.3. The van der Waals surface area contributed by atoms with Crippen LogP contribution < -0.4 is 11.3 Å². The number of nitrogens with two attached hydrogens (primary N) is 1. The minimum absolute atomic E-state index is 0.386. The zero-order chi connectivity index (χ0) is 13.4. The summed E-state index contributed by atoms with van der Waals surface area (Å²) in [5.41, 5.74) is 2.72. The number of nitrogens with zero attached hydrogens (tertiary/aromatic N) is 3. The highest BCUT2D eigenvalue weighted by Crippen LogP contribution is 2.02. The lowest BCUT2D eigenvalue weighted by Crippen LogP contribution is -2.51. The summed E-state index contributed by atoms with van der Waals surface area (Å²) in [5.74, 6) is 6.90. The van der Waals surface area contributed by atoms with Gasteiger partial charge in [0, 0.05) is 25.7 Å². The van der Waals surface area contributed by atoms with Gasteiger partial charge in [-0.2, -0.15) is 0 Å². The molecule has 0 saturated heterocycles. The molecule has 0 rings (SSSR count). The van der Waals surface area contributed by atoms with Gasteiger partial charge in [-0.3, -0.25) is 10.4 Å². The van der Waals surface area contributed by atoms with Crippen LogP contribution >= 0.6 is 0 Å². The zero-order valence-electron chi connectivity index (χ0n) is 12.2. The van der Waals surface area contributed by atoms with Gasteiger partial charge in [-0.15, -0.1) is 0 Å². The SMILES string of the molecule is CCN(C(=NCC(C)C)NN)C(C)CN(C)C. The van der Waals surface area contributed by atoms with Gasteiger partial charge < -0.3 is 9.80 Å². The van der Waals surface area contributed by atoms with Gasteiger partial charge in [0.2, 0.25) is 5.96 Å². The molecule has 0 radical (unpaired) electrons. The van der Waals surface area contributed by atoms with Crippen LogP contribution in [0.3, 0.4) is 0 Å². The van der Waals surface area contributed by atoms with E-state index in [1.54, 1.807) is 0 Å². The molecule has 0 aliphatic heterocycles. The first-order valence-corrected chi connectivity index (χ1v) is 6.34. The van der Waals surface area contributed by atoms with E-state index in [1.807, 2.05) is 0 Å². The number of hydrazine groups is 1. The predicted molar refractivity (Wildman–Crippen MR) is 74.9 cm³/mol. The molecule has 102 valence electrons. The Morgan fingerprint density at radius 1 is 1.29 bits per heavy atom. The lowest BCUT2D eigenvalue weighted by Gasteiger charge is -2.32. The molecule has 5 nitrogen and oxygen atoms in total. The lowest BCUT2D eigenvalue weighted by molar-refractivity contribution is 0.257. The summed E-state index contributed by atoms with van der Waals surface area (Å²) in [6, 6.07) is 0.386. The maximum atomic E-state index is 5.57. The van der Waals surface area contributed by atoms with Gasteiger partial charge >= 0.3 is 0 Å².